The first-order valence-electron chi connectivity index (χ1n) is 22.3. The lowest BCUT2D eigenvalue weighted by molar-refractivity contribution is 0.968. The van der Waals surface area contributed by atoms with Crippen LogP contribution < -0.4 is 0 Å². The molecule has 11 aromatic rings. The van der Waals surface area contributed by atoms with Crippen LogP contribution in [0.4, 0.5) is 0 Å². The van der Waals surface area contributed by atoms with E-state index in [9.17, 15) is 0 Å². The molecule has 64 heavy (non-hydrogen) atoms. The van der Waals surface area contributed by atoms with E-state index in [-0.39, 0.29) is 0 Å². The Kier molecular flexibility index (Phi) is 8.41. The molecule has 0 N–H and O–H groups in total. The van der Waals surface area contributed by atoms with Crippen LogP contribution in [0, 0.1) is 0 Å². The van der Waals surface area contributed by atoms with Crippen molar-refractivity contribution in [2.75, 3.05) is 0 Å². The summed E-state index contributed by atoms with van der Waals surface area (Å²) in [6, 6.07) is 65.9. The SMILES string of the molecule is C1=CCCC(c2nc(-c3ccccc3)nc(-c3cc(-c4ccccc4)cc(-n4c5ccccc5c5cc6c7c(c54)CCc4cccc(c47)n6-c4cccc(-c5ccccc5)c4)c3)n2)=C1. The summed E-state index contributed by atoms with van der Waals surface area (Å²) in [5.74, 6) is 2.06. The number of hydrogen-bond acceptors (Lipinski definition) is 3. The van der Waals surface area contributed by atoms with E-state index in [1.54, 1.807) is 0 Å². The summed E-state index contributed by atoms with van der Waals surface area (Å²) < 4.78 is 5.03. The zero-order valence-corrected chi connectivity index (χ0v) is 35.1. The van der Waals surface area contributed by atoms with Gasteiger partial charge in [-0.05, 0) is 113 Å². The van der Waals surface area contributed by atoms with Crippen molar-refractivity contribution < 1.29 is 0 Å². The Labute approximate surface area is 371 Å². The molecule has 0 spiro atoms. The highest BCUT2D eigenvalue weighted by atomic mass is 15.0. The minimum atomic E-state index is 0.660. The Bertz CT molecular complexity index is 3710. The van der Waals surface area contributed by atoms with Gasteiger partial charge >= 0.3 is 0 Å². The molecule has 0 radical (unpaired) electrons. The second-order valence-corrected chi connectivity index (χ2v) is 17.0. The molecule has 0 saturated carbocycles. The van der Waals surface area contributed by atoms with Crippen molar-refractivity contribution in [3.05, 3.63) is 217 Å². The van der Waals surface area contributed by atoms with Crippen molar-refractivity contribution in [1.29, 1.82) is 0 Å². The fourth-order valence-corrected chi connectivity index (χ4v) is 10.4. The normalized spacial score (nSPS) is 13.4. The maximum atomic E-state index is 5.27. The number of fused-ring (bicyclic) bond motifs is 4. The van der Waals surface area contributed by atoms with Gasteiger partial charge in [0.2, 0.25) is 0 Å². The predicted octanol–water partition coefficient (Wildman–Crippen LogP) is 14.6. The number of rotatable bonds is 7. The summed E-state index contributed by atoms with van der Waals surface area (Å²) in [7, 11) is 0. The molecule has 3 aromatic heterocycles. The number of hydrogen-bond donors (Lipinski definition) is 0. The molecular weight excluding hydrogens is 779 g/mol. The van der Waals surface area contributed by atoms with Crippen LogP contribution >= 0.6 is 0 Å². The third-order valence-corrected chi connectivity index (χ3v) is 13.3. The number of nitrogens with zero attached hydrogens (tertiary/aromatic N) is 5. The van der Waals surface area contributed by atoms with Gasteiger partial charge in [-0.2, -0.15) is 0 Å². The lowest BCUT2D eigenvalue weighted by Gasteiger charge is -2.18. The van der Waals surface area contributed by atoms with Gasteiger partial charge in [-0.1, -0.05) is 152 Å². The van der Waals surface area contributed by atoms with Gasteiger partial charge in [0.1, 0.15) is 0 Å². The zero-order chi connectivity index (χ0) is 42.1. The van der Waals surface area contributed by atoms with E-state index in [0.29, 0.717) is 11.6 Å². The molecule has 2 aliphatic carbocycles. The molecule has 0 amide bonds. The summed E-state index contributed by atoms with van der Waals surface area (Å²) >= 11 is 0. The van der Waals surface area contributed by atoms with E-state index < -0.39 is 0 Å². The Morgan fingerprint density at radius 1 is 0.391 bits per heavy atom. The highest BCUT2D eigenvalue weighted by molar-refractivity contribution is 6.22. The fourth-order valence-electron chi connectivity index (χ4n) is 10.4. The molecule has 5 heteroatoms. The van der Waals surface area contributed by atoms with Crippen molar-refractivity contribution in [3.63, 3.8) is 0 Å². The van der Waals surface area contributed by atoms with Crippen LogP contribution in [0.5, 0.6) is 0 Å². The van der Waals surface area contributed by atoms with Gasteiger partial charge in [-0.15, -0.1) is 0 Å². The number of aryl methyl sites for hydroxylation is 2. The maximum Gasteiger partial charge on any atom is 0.164 e. The standard InChI is InChI=1S/C59H41N5/c1-5-17-38(18-6-1)43-26-15-27-46(34-43)63-52-30-16-25-40-31-32-49-55(54(40)52)53(63)37-50-48-28-13-14-29-51(48)64(56(49)50)47-35-44(39-19-7-2-8-20-39)33-45(36-47)59-61-57(41-21-9-3-10-22-41)60-58(62-59)42-23-11-4-12-24-42/h1-11,13-23,25-30,33-37H,12,24,31-32H2. The molecule has 0 bridgehead atoms. The average Bonchev–Trinajstić information content (AvgIpc) is 3.90. The van der Waals surface area contributed by atoms with Crippen LogP contribution in [0.3, 0.4) is 0 Å². The Morgan fingerprint density at radius 3 is 1.81 bits per heavy atom. The van der Waals surface area contributed by atoms with Crippen molar-refractivity contribution in [1.82, 2.24) is 24.1 Å². The molecule has 302 valence electrons. The van der Waals surface area contributed by atoms with E-state index >= 15 is 0 Å². The van der Waals surface area contributed by atoms with Crippen LogP contribution in [0.25, 0.3) is 106 Å². The summed E-state index contributed by atoms with van der Waals surface area (Å²) in [4.78, 5) is 15.6. The molecule has 2 aliphatic rings. The van der Waals surface area contributed by atoms with Crippen LogP contribution in [0.2, 0.25) is 0 Å². The van der Waals surface area contributed by atoms with E-state index in [1.807, 2.05) is 18.2 Å². The number of para-hydroxylation sites is 1. The first-order valence-corrected chi connectivity index (χ1v) is 22.3. The quantitative estimate of drug-likeness (QED) is 0.161. The van der Waals surface area contributed by atoms with Crippen molar-refractivity contribution in [2.24, 2.45) is 0 Å². The molecule has 0 atom stereocenters. The second-order valence-electron chi connectivity index (χ2n) is 17.0. The molecule has 0 aliphatic heterocycles. The lowest BCUT2D eigenvalue weighted by atomic mass is 9.89. The average molecular weight is 820 g/mol. The van der Waals surface area contributed by atoms with Gasteiger partial charge < -0.3 is 9.13 Å². The number of aromatic nitrogens is 5. The smallest absolute Gasteiger partial charge is 0.164 e. The second kappa shape index (κ2) is 14.7. The van der Waals surface area contributed by atoms with Crippen LogP contribution in [-0.4, -0.2) is 24.1 Å². The summed E-state index contributed by atoms with van der Waals surface area (Å²) in [5.41, 5.74) is 17.7. The highest BCUT2D eigenvalue weighted by Crippen LogP contribution is 2.47. The van der Waals surface area contributed by atoms with Crippen LogP contribution in [0.15, 0.2) is 200 Å². The minimum Gasteiger partial charge on any atom is -0.309 e. The summed E-state index contributed by atoms with van der Waals surface area (Å²) in [5, 5.41) is 5.19. The monoisotopic (exact) mass is 819 g/mol. The Morgan fingerprint density at radius 2 is 1.03 bits per heavy atom. The Balaban J connectivity index is 1.10. The summed E-state index contributed by atoms with van der Waals surface area (Å²) in [6.07, 6.45) is 10.2. The highest BCUT2D eigenvalue weighted by Gasteiger charge is 2.27. The van der Waals surface area contributed by atoms with Gasteiger partial charge in [0.05, 0.1) is 22.1 Å². The molecule has 13 rings (SSSR count). The van der Waals surface area contributed by atoms with Gasteiger partial charge in [0.25, 0.3) is 0 Å². The molecule has 8 aromatic carbocycles. The molecule has 0 unspecified atom stereocenters. The van der Waals surface area contributed by atoms with Gasteiger partial charge in [-0.25, -0.2) is 15.0 Å². The van der Waals surface area contributed by atoms with E-state index in [0.717, 1.165) is 65.0 Å². The van der Waals surface area contributed by atoms with Crippen molar-refractivity contribution in [2.45, 2.75) is 25.7 Å². The predicted molar refractivity (Wildman–Crippen MR) is 264 cm³/mol. The largest absolute Gasteiger partial charge is 0.309 e. The van der Waals surface area contributed by atoms with Gasteiger partial charge in [0.15, 0.2) is 17.5 Å². The van der Waals surface area contributed by atoms with E-state index in [2.05, 4.69) is 191 Å². The third-order valence-electron chi connectivity index (χ3n) is 13.3. The Hall–Kier alpha value is -8.15. The fraction of sp³-hybridized carbons (Fsp3) is 0.0678. The molecule has 3 heterocycles. The topological polar surface area (TPSA) is 48.5 Å². The van der Waals surface area contributed by atoms with Crippen LogP contribution in [-0.2, 0) is 12.8 Å². The number of benzene rings is 8. The van der Waals surface area contributed by atoms with Gasteiger partial charge in [0, 0.05) is 44.0 Å². The van der Waals surface area contributed by atoms with E-state index in [4.69, 9.17) is 15.0 Å². The van der Waals surface area contributed by atoms with Crippen LogP contribution in [0.1, 0.15) is 29.8 Å². The minimum absolute atomic E-state index is 0.660. The molecule has 0 saturated heterocycles. The molecule has 0 fully saturated rings. The third kappa shape index (κ3) is 5.89. The first kappa shape index (κ1) is 36.5. The first-order chi connectivity index (χ1) is 31.7. The zero-order valence-electron chi connectivity index (χ0n) is 35.1. The maximum absolute atomic E-state index is 5.27. The van der Waals surface area contributed by atoms with Crippen molar-refractivity contribution in [3.8, 4) is 56.4 Å². The van der Waals surface area contributed by atoms with E-state index in [1.165, 1.54) is 71.6 Å². The molecule has 5 nitrogen and oxygen atoms in total. The number of allylic oxidation sites excluding steroid dienone is 4. The lowest BCUT2D eigenvalue weighted by Crippen LogP contribution is -2.05. The van der Waals surface area contributed by atoms with Crippen molar-refractivity contribution >= 4 is 49.2 Å². The van der Waals surface area contributed by atoms with Gasteiger partial charge in [-0.3, -0.25) is 0 Å². The summed E-state index contributed by atoms with van der Waals surface area (Å²) in [6.45, 7) is 0. The molecular formula is C59H41N5.